The monoisotopic (exact) mass is 353 g/mol. The molecule has 0 aliphatic heterocycles. The van der Waals surface area contributed by atoms with E-state index in [1.807, 2.05) is 0 Å². The number of urea groups is 1. The molecule has 0 fully saturated rings. The van der Waals surface area contributed by atoms with Crippen LogP contribution in [-0.4, -0.2) is 18.5 Å². The lowest BCUT2D eigenvalue weighted by molar-refractivity contribution is -0.111. The summed E-state index contributed by atoms with van der Waals surface area (Å²) in [6, 6.07) is 12.3. The molecule has 0 heterocycles. The van der Waals surface area contributed by atoms with Crippen molar-refractivity contribution in [3.63, 3.8) is 0 Å². The van der Waals surface area contributed by atoms with Crippen LogP contribution in [-0.2, 0) is 4.79 Å². The first-order valence-corrected chi connectivity index (χ1v) is 7.99. The standard InChI is InChI=1S/C20H20FN3O2/c1-3-12-22-20(26)24-18-10-8-17(9-11-18)23-19(25)13-14(2)15-4-6-16(21)7-5-15/h3-11,13H,1,12H2,2H3,(H,23,25)(H2,22,24,26)/b14-13+. The van der Waals surface area contributed by atoms with E-state index in [9.17, 15) is 14.0 Å². The van der Waals surface area contributed by atoms with Crippen molar-refractivity contribution in [3.8, 4) is 0 Å². The molecule has 0 aromatic heterocycles. The lowest BCUT2D eigenvalue weighted by Crippen LogP contribution is -2.28. The zero-order chi connectivity index (χ0) is 18.9. The van der Waals surface area contributed by atoms with Gasteiger partial charge in [0.1, 0.15) is 5.82 Å². The van der Waals surface area contributed by atoms with Crippen molar-refractivity contribution < 1.29 is 14.0 Å². The van der Waals surface area contributed by atoms with Crippen LogP contribution in [0.15, 0.2) is 67.3 Å². The highest BCUT2D eigenvalue weighted by Gasteiger charge is 2.04. The van der Waals surface area contributed by atoms with Gasteiger partial charge in [0, 0.05) is 24.0 Å². The number of allylic oxidation sites excluding steroid dienone is 1. The second-order valence-corrected chi connectivity index (χ2v) is 5.52. The molecule has 2 rings (SSSR count). The summed E-state index contributed by atoms with van der Waals surface area (Å²) in [4.78, 5) is 23.6. The molecule has 0 aliphatic rings. The van der Waals surface area contributed by atoms with Crippen molar-refractivity contribution in [3.05, 3.63) is 78.6 Å². The molecule has 2 aromatic carbocycles. The van der Waals surface area contributed by atoms with Crippen molar-refractivity contribution >= 4 is 28.9 Å². The highest BCUT2D eigenvalue weighted by Crippen LogP contribution is 2.16. The van der Waals surface area contributed by atoms with Crippen molar-refractivity contribution in [2.24, 2.45) is 0 Å². The molecule has 6 heteroatoms. The van der Waals surface area contributed by atoms with E-state index in [-0.39, 0.29) is 17.8 Å². The normalized spacial score (nSPS) is 10.8. The summed E-state index contributed by atoms with van der Waals surface area (Å²) >= 11 is 0. The number of amides is 3. The minimum absolute atomic E-state index is 0.295. The minimum Gasteiger partial charge on any atom is -0.334 e. The smallest absolute Gasteiger partial charge is 0.319 e. The van der Waals surface area contributed by atoms with Crippen LogP contribution >= 0.6 is 0 Å². The van der Waals surface area contributed by atoms with Crippen molar-refractivity contribution in [1.29, 1.82) is 0 Å². The topological polar surface area (TPSA) is 70.2 Å². The maximum absolute atomic E-state index is 12.9. The van der Waals surface area contributed by atoms with Crippen LogP contribution in [0.3, 0.4) is 0 Å². The Labute approximate surface area is 151 Å². The Bertz CT molecular complexity index is 812. The van der Waals surface area contributed by atoms with E-state index in [2.05, 4.69) is 22.5 Å². The molecule has 26 heavy (non-hydrogen) atoms. The number of benzene rings is 2. The number of hydrogen-bond donors (Lipinski definition) is 3. The highest BCUT2D eigenvalue weighted by molar-refractivity contribution is 6.04. The Morgan fingerprint density at radius 3 is 2.15 bits per heavy atom. The molecular weight excluding hydrogens is 333 g/mol. The maximum atomic E-state index is 12.9. The molecule has 3 N–H and O–H groups in total. The third-order valence-electron chi connectivity index (χ3n) is 3.46. The van der Waals surface area contributed by atoms with Gasteiger partial charge in [-0.15, -0.1) is 6.58 Å². The summed E-state index contributed by atoms with van der Waals surface area (Å²) in [5.41, 5.74) is 2.68. The summed E-state index contributed by atoms with van der Waals surface area (Å²) in [7, 11) is 0. The number of hydrogen-bond acceptors (Lipinski definition) is 2. The fraction of sp³-hybridized carbons (Fsp3) is 0.100. The van der Waals surface area contributed by atoms with Gasteiger partial charge in [0.2, 0.25) is 5.91 Å². The van der Waals surface area contributed by atoms with Crippen LogP contribution in [0.1, 0.15) is 12.5 Å². The van der Waals surface area contributed by atoms with Crippen LogP contribution in [0.5, 0.6) is 0 Å². The zero-order valence-electron chi connectivity index (χ0n) is 14.4. The first-order chi connectivity index (χ1) is 12.5. The molecule has 5 nitrogen and oxygen atoms in total. The number of nitrogens with one attached hydrogen (secondary N) is 3. The van der Waals surface area contributed by atoms with E-state index in [4.69, 9.17) is 0 Å². The average molecular weight is 353 g/mol. The Morgan fingerprint density at radius 2 is 1.58 bits per heavy atom. The molecule has 0 saturated carbocycles. The second kappa shape index (κ2) is 9.17. The van der Waals surface area contributed by atoms with Gasteiger partial charge < -0.3 is 16.0 Å². The molecular formula is C20H20FN3O2. The first kappa shape index (κ1) is 18.9. The van der Waals surface area contributed by atoms with Gasteiger partial charge in [0.15, 0.2) is 0 Å². The molecule has 0 aliphatic carbocycles. The van der Waals surface area contributed by atoms with Gasteiger partial charge in [-0.25, -0.2) is 9.18 Å². The van der Waals surface area contributed by atoms with E-state index < -0.39 is 0 Å². The lowest BCUT2D eigenvalue weighted by atomic mass is 10.1. The van der Waals surface area contributed by atoms with E-state index in [1.165, 1.54) is 18.2 Å². The summed E-state index contributed by atoms with van der Waals surface area (Å²) in [5, 5.41) is 8.00. The second-order valence-electron chi connectivity index (χ2n) is 5.52. The highest BCUT2D eigenvalue weighted by atomic mass is 19.1. The summed E-state index contributed by atoms with van der Waals surface area (Å²) in [6.07, 6.45) is 3.03. The van der Waals surface area contributed by atoms with E-state index in [0.29, 0.717) is 17.9 Å². The molecule has 0 spiro atoms. The summed E-state index contributed by atoms with van der Waals surface area (Å²) < 4.78 is 12.9. The van der Waals surface area contributed by atoms with Crippen molar-refractivity contribution in [1.82, 2.24) is 5.32 Å². The molecule has 3 amide bonds. The fourth-order valence-electron chi connectivity index (χ4n) is 2.15. The van der Waals surface area contributed by atoms with Gasteiger partial charge >= 0.3 is 6.03 Å². The molecule has 0 bridgehead atoms. The lowest BCUT2D eigenvalue weighted by Gasteiger charge is -2.08. The third-order valence-corrected chi connectivity index (χ3v) is 3.46. The number of carbonyl (C=O) groups excluding carboxylic acids is 2. The Morgan fingerprint density at radius 1 is 1.00 bits per heavy atom. The average Bonchev–Trinajstić information content (AvgIpc) is 2.62. The summed E-state index contributed by atoms with van der Waals surface area (Å²) in [5.74, 6) is -0.617. The quantitative estimate of drug-likeness (QED) is 0.539. The van der Waals surface area contributed by atoms with Gasteiger partial charge in [-0.1, -0.05) is 18.2 Å². The molecule has 0 atom stereocenters. The molecule has 0 saturated heterocycles. The van der Waals surface area contributed by atoms with Gasteiger partial charge in [0.25, 0.3) is 0 Å². The van der Waals surface area contributed by atoms with Crippen LogP contribution in [0.25, 0.3) is 5.57 Å². The Balaban J connectivity index is 1.94. The van der Waals surface area contributed by atoms with E-state index in [1.54, 1.807) is 49.4 Å². The molecule has 0 radical (unpaired) electrons. The van der Waals surface area contributed by atoms with Crippen LogP contribution < -0.4 is 16.0 Å². The van der Waals surface area contributed by atoms with E-state index >= 15 is 0 Å². The van der Waals surface area contributed by atoms with Crippen molar-refractivity contribution in [2.45, 2.75) is 6.92 Å². The third kappa shape index (κ3) is 5.90. The summed E-state index contributed by atoms with van der Waals surface area (Å²) in [6.45, 7) is 5.67. The fourth-order valence-corrected chi connectivity index (χ4v) is 2.15. The first-order valence-electron chi connectivity index (χ1n) is 7.99. The van der Waals surface area contributed by atoms with Crippen molar-refractivity contribution in [2.75, 3.05) is 17.2 Å². The van der Waals surface area contributed by atoms with Crippen LogP contribution in [0.4, 0.5) is 20.6 Å². The van der Waals surface area contributed by atoms with Gasteiger partial charge in [-0.05, 0) is 54.5 Å². The number of rotatable bonds is 6. The van der Waals surface area contributed by atoms with Crippen LogP contribution in [0.2, 0.25) is 0 Å². The predicted molar refractivity (Wildman–Crippen MR) is 102 cm³/mol. The van der Waals surface area contributed by atoms with Gasteiger partial charge in [-0.3, -0.25) is 4.79 Å². The number of carbonyl (C=O) groups is 2. The number of anilines is 2. The molecule has 134 valence electrons. The SMILES string of the molecule is C=CCNC(=O)Nc1ccc(NC(=O)/C=C(\C)c2ccc(F)cc2)cc1. The Kier molecular flexibility index (Phi) is 6.68. The largest absolute Gasteiger partial charge is 0.334 e. The Hall–Kier alpha value is -3.41. The zero-order valence-corrected chi connectivity index (χ0v) is 14.4. The van der Waals surface area contributed by atoms with E-state index in [0.717, 1.165) is 11.1 Å². The van der Waals surface area contributed by atoms with Gasteiger partial charge in [0.05, 0.1) is 0 Å². The van der Waals surface area contributed by atoms with Gasteiger partial charge in [-0.2, -0.15) is 0 Å². The number of halogens is 1. The minimum atomic E-state index is -0.334. The maximum Gasteiger partial charge on any atom is 0.319 e. The van der Waals surface area contributed by atoms with Crippen LogP contribution in [0, 0.1) is 5.82 Å². The molecule has 0 unspecified atom stereocenters. The predicted octanol–water partition coefficient (Wildman–Crippen LogP) is 4.18. The molecule has 2 aromatic rings.